The maximum atomic E-state index is 5.67. The van der Waals surface area contributed by atoms with Crippen molar-refractivity contribution in [3.8, 4) is 0 Å². The molecule has 0 radical (unpaired) electrons. The molecule has 0 bridgehead atoms. The van der Waals surface area contributed by atoms with Crippen LogP contribution >= 0.6 is 0 Å². The summed E-state index contributed by atoms with van der Waals surface area (Å²) in [6.07, 6.45) is 12.6. The lowest BCUT2D eigenvalue weighted by Crippen LogP contribution is -2.09. The fourth-order valence-corrected chi connectivity index (χ4v) is 1.06. The van der Waals surface area contributed by atoms with Crippen molar-refractivity contribution >= 4 is 0 Å². The van der Waals surface area contributed by atoms with Crippen LogP contribution in [-0.2, 0) is 9.47 Å². The van der Waals surface area contributed by atoms with Gasteiger partial charge in [0.1, 0.15) is 0 Å². The van der Waals surface area contributed by atoms with Gasteiger partial charge >= 0.3 is 0 Å². The van der Waals surface area contributed by atoms with E-state index < -0.39 is 0 Å². The lowest BCUT2D eigenvalue weighted by atomic mass is 10.2. The number of hydrogen-bond donors (Lipinski definition) is 0. The number of ether oxygens (including phenoxy) is 2. The Kier molecular flexibility index (Phi) is 10.3. The average Bonchev–Trinajstić information content (AvgIpc) is 2.24. The Morgan fingerprint density at radius 2 is 2.13 bits per heavy atom. The van der Waals surface area contributed by atoms with Crippen LogP contribution in [0.3, 0.4) is 0 Å². The number of allylic oxidation sites excluding steroid dienone is 2. The van der Waals surface area contributed by atoms with Gasteiger partial charge in [-0.2, -0.15) is 0 Å². The van der Waals surface area contributed by atoms with Crippen LogP contribution in [0.2, 0.25) is 0 Å². The predicted octanol–water partition coefficient (Wildman–Crippen LogP) is 3.46. The lowest BCUT2D eigenvalue weighted by molar-refractivity contribution is 0.0849. The van der Waals surface area contributed by atoms with Crippen molar-refractivity contribution in [2.75, 3.05) is 13.7 Å². The van der Waals surface area contributed by atoms with Crippen LogP contribution in [0.25, 0.3) is 0 Å². The standard InChI is InChI=1S/C13H22O2/c1-4-6-12-15-13(9-5-2)10-7-8-11-14-3/h5,7-8,10-11,13H,2,4,6,9,12H2,1,3H3/b10-7-,11-8+/t13-/m0/s1. The number of rotatable bonds is 9. The molecule has 0 saturated carbocycles. The van der Waals surface area contributed by atoms with Gasteiger partial charge in [-0.1, -0.05) is 31.6 Å². The largest absolute Gasteiger partial charge is 0.504 e. The summed E-state index contributed by atoms with van der Waals surface area (Å²) < 4.78 is 10.5. The summed E-state index contributed by atoms with van der Waals surface area (Å²) in [5.41, 5.74) is 0. The van der Waals surface area contributed by atoms with Gasteiger partial charge in [-0.15, -0.1) is 6.58 Å². The third-order valence-corrected chi connectivity index (χ3v) is 1.88. The van der Waals surface area contributed by atoms with Crippen molar-refractivity contribution in [1.82, 2.24) is 0 Å². The van der Waals surface area contributed by atoms with E-state index in [1.54, 1.807) is 13.4 Å². The van der Waals surface area contributed by atoms with Gasteiger partial charge in [-0.25, -0.2) is 0 Å². The molecule has 2 heteroatoms. The second-order valence-electron chi connectivity index (χ2n) is 3.24. The topological polar surface area (TPSA) is 18.5 Å². The molecule has 0 aromatic carbocycles. The highest BCUT2D eigenvalue weighted by Gasteiger charge is 2.00. The van der Waals surface area contributed by atoms with E-state index in [0.29, 0.717) is 0 Å². The number of hydrogen-bond acceptors (Lipinski definition) is 2. The van der Waals surface area contributed by atoms with Gasteiger partial charge in [-0.3, -0.25) is 0 Å². The van der Waals surface area contributed by atoms with Gasteiger partial charge in [0, 0.05) is 6.61 Å². The van der Waals surface area contributed by atoms with Crippen LogP contribution in [0.5, 0.6) is 0 Å². The van der Waals surface area contributed by atoms with E-state index >= 15 is 0 Å². The van der Waals surface area contributed by atoms with Crippen LogP contribution in [0.1, 0.15) is 26.2 Å². The van der Waals surface area contributed by atoms with Crippen molar-refractivity contribution in [2.24, 2.45) is 0 Å². The summed E-state index contributed by atoms with van der Waals surface area (Å²) >= 11 is 0. The molecule has 0 spiro atoms. The molecule has 1 atom stereocenters. The van der Waals surface area contributed by atoms with Crippen LogP contribution in [0.4, 0.5) is 0 Å². The maximum Gasteiger partial charge on any atom is 0.0824 e. The molecule has 0 unspecified atom stereocenters. The Balaban J connectivity index is 3.85. The molecule has 0 rings (SSSR count). The molecular weight excluding hydrogens is 188 g/mol. The van der Waals surface area contributed by atoms with Gasteiger partial charge < -0.3 is 9.47 Å². The van der Waals surface area contributed by atoms with Crippen molar-refractivity contribution < 1.29 is 9.47 Å². The van der Waals surface area contributed by atoms with E-state index in [1.807, 2.05) is 24.3 Å². The molecular formula is C13H22O2. The second kappa shape index (κ2) is 11.1. The highest BCUT2D eigenvalue weighted by Crippen LogP contribution is 2.03. The fourth-order valence-electron chi connectivity index (χ4n) is 1.06. The molecule has 0 aromatic rings. The predicted molar refractivity (Wildman–Crippen MR) is 64.8 cm³/mol. The molecule has 0 aromatic heterocycles. The molecule has 0 saturated heterocycles. The SMILES string of the molecule is C=CC[C@@H](/C=C\C=C\OC)OCCCC. The van der Waals surface area contributed by atoms with Crippen LogP contribution in [-0.4, -0.2) is 19.8 Å². The quantitative estimate of drug-likeness (QED) is 0.251. The Hall–Kier alpha value is -1.02. The number of unbranched alkanes of at least 4 members (excludes halogenated alkanes) is 1. The zero-order valence-electron chi connectivity index (χ0n) is 9.82. The second-order valence-corrected chi connectivity index (χ2v) is 3.24. The summed E-state index contributed by atoms with van der Waals surface area (Å²) in [5.74, 6) is 0. The molecule has 0 fully saturated rings. The third-order valence-electron chi connectivity index (χ3n) is 1.88. The van der Waals surface area contributed by atoms with Gasteiger partial charge in [0.15, 0.2) is 0 Å². The van der Waals surface area contributed by atoms with Crippen molar-refractivity contribution in [3.05, 3.63) is 37.1 Å². The Morgan fingerprint density at radius 1 is 1.33 bits per heavy atom. The van der Waals surface area contributed by atoms with Gasteiger partial charge in [-0.05, 0) is 18.9 Å². The van der Waals surface area contributed by atoms with Crippen LogP contribution in [0, 0.1) is 0 Å². The molecule has 15 heavy (non-hydrogen) atoms. The fraction of sp³-hybridized carbons (Fsp3) is 0.538. The van der Waals surface area contributed by atoms with Crippen molar-refractivity contribution in [2.45, 2.75) is 32.3 Å². The molecule has 0 aliphatic heterocycles. The first-order chi connectivity index (χ1) is 7.35. The molecule has 86 valence electrons. The summed E-state index contributed by atoms with van der Waals surface area (Å²) in [4.78, 5) is 0. The van der Waals surface area contributed by atoms with Crippen LogP contribution in [0.15, 0.2) is 37.1 Å². The highest BCUT2D eigenvalue weighted by atomic mass is 16.5. The smallest absolute Gasteiger partial charge is 0.0824 e. The minimum Gasteiger partial charge on any atom is -0.504 e. The zero-order chi connectivity index (χ0) is 11.4. The monoisotopic (exact) mass is 210 g/mol. The lowest BCUT2D eigenvalue weighted by Gasteiger charge is -2.11. The van der Waals surface area contributed by atoms with E-state index in [2.05, 4.69) is 13.5 Å². The summed E-state index contributed by atoms with van der Waals surface area (Å²) in [6.45, 7) is 6.69. The minimum atomic E-state index is 0.135. The van der Waals surface area contributed by atoms with Gasteiger partial charge in [0.25, 0.3) is 0 Å². The normalized spacial score (nSPS) is 13.5. The van der Waals surface area contributed by atoms with Crippen molar-refractivity contribution in [3.63, 3.8) is 0 Å². The molecule has 0 aliphatic rings. The van der Waals surface area contributed by atoms with Crippen molar-refractivity contribution in [1.29, 1.82) is 0 Å². The summed E-state index contributed by atoms with van der Waals surface area (Å²) in [7, 11) is 1.63. The molecule has 0 heterocycles. The van der Waals surface area contributed by atoms with E-state index in [9.17, 15) is 0 Å². The summed E-state index contributed by atoms with van der Waals surface area (Å²) in [6, 6.07) is 0. The Labute approximate surface area is 93.3 Å². The van der Waals surface area contributed by atoms with Gasteiger partial charge in [0.05, 0.1) is 19.5 Å². The van der Waals surface area contributed by atoms with E-state index in [-0.39, 0.29) is 6.10 Å². The molecule has 2 nitrogen and oxygen atoms in total. The molecule has 0 amide bonds. The first-order valence-electron chi connectivity index (χ1n) is 5.43. The third kappa shape index (κ3) is 9.29. The first kappa shape index (κ1) is 14.0. The first-order valence-corrected chi connectivity index (χ1v) is 5.43. The highest BCUT2D eigenvalue weighted by molar-refractivity contribution is 5.04. The van der Waals surface area contributed by atoms with E-state index in [4.69, 9.17) is 9.47 Å². The zero-order valence-corrected chi connectivity index (χ0v) is 9.82. The van der Waals surface area contributed by atoms with E-state index in [1.165, 1.54) is 0 Å². The summed E-state index contributed by atoms with van der Waals surface area (Å²) in [5, 5.41) is 0. The molecule has 0 N–H and O–H groups in total. The van der Waals surface area contributed by atoms with Gasteiger partial charge in [0.2, 0.25) is 0 Å². The Morgan fingerprint density at radius 3 is 2.73 bits per heavy atom. The number of methoxy groups -OCH3 is 1. The maximum absolute atomic E-state index is 5.67. The van der Waals surface area contributed by atoms with Crippen LogP contribution < -0.4 is 0 Å². The Bertz CT molecular complexity index is 195. The molecule has 0 aliphatic carbocycles. The minimum absolute atomic E-state index is 0.135. The van der Waals surface area contributed by atoms with E-state index in [0.717, 1.165) is 25.9 Å². The average molecular weight is 210 g/mol.